The van der Waals surface area contributed by atoms with Crippen LogP contribution in [-0.4, -0.2) is 40.0 Å². The van der Waals surface area contributed by atoms with Gasteiger partial charge in [0, 0.05) is 43.8 Å². The summed E-state index contributed by atoms with van der Waals surface area (Å²) in [6.45, 7) is 5.51. The second kappa shape index (κ2) is 6.77. The molecule has 1 fully saturated rings. The molecular weight excluding hydrogens is 290 g/mol. The van der Waals surface area contributed by atoms with Gasteiger partial charge in [-0.25, -0.2) is 9.97 Å². The highest BCUT2D eigenvalue weighted by atomic mass is 16.5. The first-order valence-electron chi connectivity index (χ1n) is 7.92. The average molecular weight is 311 g/mol. The third kappa shape index (κ3) is 3.67. The summed E-state index contributed by atoms with van der Waals surface area (Å²) in [6, 6.07) is 7.65. The summed E-state index contributed by atoms with van der Waals surface area (Å²) in [7, 11) is 0. The number of aromatic nitrogens is 2. The van der Waals surface area contributed by atoms with Crippen LogP contribution in [0.25, 0.3) is 0 Å². The molecule has 120 valence electrons. The largest absolute Gasteiger partial charge is 0.474 e. The van der Waals surface area contributed by atoms with Crippen molar-refractivity contribution in [1.29, 1.82) is 0 Å². The van der Waals surface area contributed by atoms with Crippen molar-refractivity contribution in [1.82, 2.24) is 14.9 Å². The van der Waals surface area contributed by atoms with Gasteiger partial charge in [0.05, 0.1) is 0 Å². The van der Waals surface area contributed by atoms with Crippen LogP contribution >= 0.6 is 0 Å². The Bertz CT molecular complexity index is 680. The molecule has 23 heavy (non-hydrogen) atoms. The summed E-state index contributed by atoms with van der Waals surface area (Å²) in [5.74, 6) is 0.701. The lowest BCUT2D eigenvalue weighted by Gasteiger charge is -2.32. The molecule has 1 aromatic heterocycles. The van der Waals surface area contributed by atoms with Gasteiger partial charge in [-0.05, 0) is 37.1 Å². The number of amides is 1. The Balaban J connectivity index is 1.58. The van der Waals surface area contributed by atoms with Gasteiger partial charge >= 0.3 is 0 Å². The molecule has 0 spiro atoms. The number of hydrogen-bond acceptors (Lipinski definition) is 4. The van der Waals surface area contributed by atoms with Gasteiger partial charge in [0.2, 0.25) is 5.88 Å². The lowest BCUT2D eigenvalue weighted by molar-refractivity contribution is 0.0587. The normalized spacial score (nSPS) is 15.5. The number of nitrogens with zero attached hydrogens (tertiary/aromatic N) is 3. The molecular formula is C18H21N3O2. The fraction of sp³-hybridized carbons (Fsp3) is 0.389. The molecule has 1 aliphatic heterocycles. The van der Waals surface area contributed by atoms with Crippen LogP contribution in [0.1, 0.15) is 34.3 Å². The minimum absolute atomic E-state index is 0.105. The van der Waals surface area contributed by atoms with Crippen molar-refractivity contribution < 1.29 is 9.53 Å². The summed E-state index contributed by atoms with van der Waals surface area (Å²) >= 11 is 0. The highest BCUT2D eigenvalue weighted by Gasteiger charge is 2.25. The smallest absolute Gasteiger partial charge is 0.253 e. The number of carbonyl (C=O) groups is 1. The predicted octanol–water partition coefficient (Wildman–Crippen LogP) is 2.78. The standard InChI is InChI=1S/C18H21N3O2/c1-13-3-4-15(11-14(13)2)18(22)21-9-6-16(7-10-21)23-17-5-8-19-12-20-17/h3-5,8,11-12,16H,6-7,9-10H2,1-2H3. The van der Waals surface area contributed by atoms with E-state index in [4.69, 9.17) is 4.74 Å². The average Bonchev–Trinajstić information content (AvgIpc) is 2.58. The van der Waals surface area contributed by atoms with E-state index in [1.807, 2.05) is 30.0 Å². The van der Waals surface area contributed by atoms with Crippen molar-refractivity contribution >= 4 is 5.91 Å². The topological polar surface area (TPSA) is 55.3 Å². The van der Waals surface area contributed by atoms with Crippen LogP contribution in [0.5, 0.6) is 5.88 Å². The molecule has 0 unspecified atom stereocenters. The van der Waals surface area contributed by atoms with E-state index in [9.17, 15) is 4.79 Å². The van der Waals surface area contributed by atoms with Crippen LogP contribution in [0.3, 0.4) is 0 Å². The van der Waals surface area contributed by atoms with E-state index in [1.165, 1.54) is 11.9 Å². The molecule has 5 nitrogen and oxygen atoms in total. The van der Waals surface area contributed by atoms with E-state index < -0.39 is 0 Å². The van der Waals surface area contributed by atoms with Gasteiger partial charge < -0.3 is 9.64 Å². The van der Waals surface area contributed by atoms with Crippen LogP contribution in [0, 0.1) is 13.8 Å². The maximum Gasteiger partial charge on any atom is 0.253 e. The fourth-order valence-electron chi connectivity index (χ4n) is 2.75. The molecule has 1 amide bonds. The lowest BCUT2D eigenvalue weighted by atomic mass is 10.0. The van der Waals surface area contributed by atoms with E-state index in [0.717, 1.165) is 24.0 Å². The molecule has 0 radical (unpaired) electrons. The van der Waals surface area contributed by atoms with Gasteiger partial charge in [0.15, 0.2) is 0 Å². The van der Waals surface area contributed by atoms with Gasteiger partial charge in [-0.15, -0.1) is 0 Å². The van der Waals surface area contributed by atoms with Gasteiger partial charge in [-0.1, -0.05) is 6.07 Å². The Morgan fingerprint density at radius 3 is 2.61 bits per heavy atom. The number of hydrogen-bond donors (Lipinski definition) is 0. The van der Waals surface area contributed by atoms with Crippen LogP contribution < -0.4 is 4.74 Å². The molecule has 0 N–H and O–H groups in total. The van der Waals surface area contributed by atoms with E-state index in [-0.39, 0.29) is 12.0 Å². The molecule has 1 aromatic carbocycles. The number of benzene rings is 1. The molecule has 0 aliphatic carbocycles. The van der Waals surface area contributed by atoms with Crippen molar-refractivity contribution in [2.45, 2.75) is 32.8 Å². The van der Waals surface area contributed by atoms with Crippen molar-refractivity contribution in [3.05, 3.63) is 53.5 Å². The second-order valence-corrected chi connectivity index (χ2v) is 5.96. The Morgan fingerprint density at radius 1 is 1.17 bits per heavy atom. The van der Waals surface area contributed by atoms with E-state index >= 15 is 0 Å². The van der Waals surface area contributed by atoms with E-state index in [1.54, 1.807) is 12.3 Å². The fourth-order valence-corrected chi connectivity index (χ4v) is 2.75. The molecule has 1 aliphatic rings. The summed E-state index contributed by atoms with van der Waals surface area (Å²) in [4.78, 5) is 22.5. The number of ether oxygens (including phenoxy) is 1. The molecule has 1 saturated heterocycles. The van der Waals surface area contributed by atoms with Crippen LogP contribution in [0.2, 0.25) is 0 Å². The highest BCUT2D eigenvalue weighted by molar-refractivity contribution is 5.94. The predicted molar refractivity (Wildman–Crippen MR) is 87.5 cm³/mol. The zero-order valence-electron chi connectivity index (χ0n) is 13.5. The Labute approximate surface area is 136 Å². The van der Waals surface area contributed by atoms with Crippen molar-refractivity contribution in [3.63, 3.8) is 0 Å². The van der Waals surface area contributed by atoms with Gasteiger partial charge in [-0.2, -0.15) is 0 Å². The van der Waals surface area contributed by atoms with Crippen molar-refractivity contribution in [3.8, 4) is 5.88 Å². The summed E-state index contributed by atoms with van der Waals surface area (Å²) in [5.41, 5.74) is 3.12. The summed E-state index contributed by atoms with van der Waals surface area (Å²) < 4.78 is 5.83. The molecule has 0 atom stereocenters. The number of piperidine rings is 1. The first-order valence-corrected chi connectivity index (χ1v) is 7.92. The number of likely N-dealkylation sites (tertiary alicyclic amines) is 1. The first kappa shape index (κ1) is 15.5. The first-order chi connectivity index (χ1) is 11.1. The summed E-state index contributed by atoms with van der Waals surface area (Å²) in [5, 5.41) is 0. The number of aryl methyl sites for hydroxylation is 2. The Kier molecular flexibility index (Phi) is 4.55. The number of carbonyl (C=O) groups excluding carboxylic acids is 1. The minimum Gasteiger partial charge on any atom is -0.474 e. The van der Waals surface area contributed by atoms with Gasteiger partial charge in [0.25, 0.3) is 5.91 Å². The molecule has 0 saturated carbocycles. The maximum absolute atomic E-state index is 12.6. The van der Waals surface area contributed by atoms with Gasteiger partial charge in [-0.3, -0.25) is 4.79 Å². The quantitative estimate of drug-likeness (QED) is 0.874. The Hall–Kier alpha value is -2.43. The SMILES string of the molecule is Cc1ccc(C(=O)N2CCC(Oc3ccncn3)CC2)cc1C. The second-order valence-electron chi connectivity index (χ2n) is 5.96. The molecule has 2 aromatic rings. The van der Waals surface area contributed by atoms with Crippen molar-refractivity contribution in [2.24, 2.45) is 0 Å². The zero-order valence-corrected chi connectivity index (χ0v) is 13.5. The zero-order chi connectivity index (χ0) is 16.2. The highest BCUT2D eigenvalue weighted by Crippen LogP contribution is 2.19. The third-order valence-electron chi connectivity index (χ3n) is 4.33. The van der Waals surface area contributed by atoms with E-state index in [2.05, 4.69) is 16.9 Å². The van der Waals surface area contributed by atoms with Gasteiger partial charge in [0.1, 0.15) is 12.4 Å². The molecule has 2 heterocycles. The Morgan fingerprint density at radius 2 is 1.96 bits per heavy atom. The third-order valence-corrected chi connectivity index (χ3v) is 4.33. The summed E-state index contributed by atoms with van der Waals surface area (Å²) in [6.07, 6.45) is 4.89. The van der Waals surface area contributed by atoms with Crippen LogP contribution in [0.4, 0.5) is 0 Å². The molecule has 3 rings (SSSR count). The molecule has 0 bridgehead atoms. The monoisotopic (exact) mass is 311 g/mol. The van der Waals surface area contributed by atoms with Crippen LogP contribution in [0.15, 0.2) is 36.8 Å². The number of rotatable bonds is 3. The van der Waals surface area contributed by atoms with E-state index in [0.29, 0.717) is 19.0 Å². The van der Waals surface area contributed by atoms with Crippen molar-refractivity contribution in [2.75, 3.05) is 13.1 Å². The van der Waals surface area contributed by atoms with Crippen LogP contribution in [-0.2, 0) is 0 Å². The minimum atomic E-state index is 0.105. The molecule has 5 heteroatoms. The lowest BCUT2D eigenvalue weighted by Crippen LogP contribution is -2.41. The maximum atomic E-state index is 12.6.